The number of aryl methyl sites for hydroxylation is 4. The molecule has 11 aromatic rings. The van der Waals surface area contributed by atoms with Crippen LogP contribution < -0.4 is 14.7 Å². The maximum atomic E-state index is 2.47. The Labute approximate surface area is 462 Å². The average Bonchev–Trinajstić information content (AvgIpc) is 3.50. The molecule has 0 radical (unpaired) electrons. The van der Waals surface area contributed by atoms with E-state index in [1.54, 1.807) is 0 Å². The standard InChI is InChI=1S/C75H65N3/c1-50-48-52(3)73(56(7)54(50)5)76(65-40-32-60(33-41-65)58-22-12-9-13-23-58)67-44-36-62(37-45-67)75(69-28-18-20-30-71(69)78(64-26-16-11-17-27-64)72-31-21-19-29-70(72)75)63-38-46-68(47-39-63)77(74-53(4)49-51(2)55(6)57(74)8)66-42-34-61(35-43-66)59-24-14-10-15-25-59/h9-49H,1-8H3. The molecule has 1 aliphatic heterocycles. The molecular formula is C75H65N3. The SMILES string of the molecule is Cc1cc(C)c(N(c2ccc(-c3ccccc3)cc2)c2ccc(C3(c4ccc(N(c5ccc(-c6ccccc6)cc5)c5c(C)cc(C)c(C)c5C)cc4)c4ccccc4N(c4ccccc4)c4ccccc43)cc2)c(C)c1C. The molecule has 11 aromatic carbocycles. The molecule has 0 saturated heterocycles. The molecule has 0 aromatic heterocycles. The van der Waals surface area contributed by atoms with Crippen LogP contribution >= 0.6 is 0 Å². The number of benzene rings is 11. The van der Waals surface area contributed by atoms with Crippen LogP contribution in [0.1, 0.15) is 66.8 Å². The van der Waals surface area contributed by atoms with Gasteiger partial charge >= 0.3 is 0 Å². The Kier molecular flexibility index (Phi) is 13.0. The van der Waals surface area contributed by atoms with Crippen LogP contribution in [0.4, 0.5) is 51.2 Å². The Morgan fingerprint density at radius 2 is 0.590 bits per heavy atom. The third-order valence-corrected chi connectivity index (χ3v) is 16.8. The first-order valence-corrected chi connectivity index (χ1v) is 27.3. The molecule has 0 spiro atoms. The molecule has 78 heavy (non-hydrogen) atoms. The second kappa shape index (κ2) is 20.4. The summed E-state index contributed by atoms with van der Waals surface area (Å²) in [6.07, 6.45) is 0. The van der Waals surface area contributed by atoms with Crippen molar-refractivity contribution in [2.75, 3.05) is 14.7 Å². The summed E-state index contributed by atoms with van der Waals surface area (Å²) in [4.78, 5) is 7.38. The molecule has 3 nitrogen and oxygen atoms in total. The van der Waals surface area contributed by atoms with Crippen LogP contribution in [-0.2, 0) is 5.41 Å². The van der Waals surface area contributed by atoms with E-state index in [2.05, 4.69) is 319 Å². The molecule has 0 fully saturated rings. The van der Waals surface area contributed by atoms with Gasteiger partial charge in [-0.25, -0.2) is 0 Å². The van der Waals surface area contributed by atoms with E-state index in [1.807, 2.05) is 0 Å². The lowest BCUT2D eigenvalue weighted by Gasteiger charge is -2.46. The summed E-state index contributed by atoms with van der Waals surface area (Å²) in [6, 6.07) is 92.1. The van der Waals surface area contributed by atoms with Gasteiger partial charge in [-0.3, -0.25) is 0 Å². The first-order chi connectivity index (χ1) is 38.0. The van der Waals surface area contributed by atoms with E-state index < -0.39 is 5.41 Å². The molecule has 1 aliphatic rings. The first kappa shape index (κ1) is 49.7. The Morgan fingerprint density at radius 1 is 0.282 bits per heavy atom. The Balaban J connectivity index is 1.06. The van der Waals surface area contributed by atoms with Crippen molar-refractivity contribution in [3.63, 3.8) is 0 Å². The number of para-hydroxylation sites is 3. The monoisotopic (exact) mass is 1010 g/mol. The predicted molar refractivity (Wildman–Crippen MR) is 331 cm³/mol. The average molecular weight is 1010 g/mol. The van der Waals surface area contributed by atoms with Crippen LogP contribution in [0.2, 0.25) is 0 Å². The summed E-state index contributed by atoms with van der Waals surface area (Å²) >= 11 is 0. The highest BCUT2D eigenvalue weighted by atomic mass is 15.2. The Hall–Kier alpha value is -9.18. The fourth-order valence-electron chi connectivity index (χ4n) is 12.5. The summed E-state index contributed by atoms with van der Waals surface area (Å²) in [5, 5.41) is 0. The van der Waals surface area contributed by atoms with Gasteiger partial charge in [0.15, 0.2) is 0 Å². The van der Waals surface area contributed by atoms with Gasteiger partial charge in [-0.05, 0) is 217 Å². The van der Waals surface area contributed by atoms with Gasteiger partial charge in [0.25, 0.3) is 0 Å². The third kappa shape index (κ3) is 8.47. The number of hydrogen-bond acceptors (Lipinski definition) is 3. The zero-order valence-electron chi connectivity index (χ0n) is 46.0. The molecule has 3 heteroatoms. The van der Waals surface area contributed by atoms with E-state index in [-0.39, 0.29) is 0 Å². The van der Waals surface area contributed by atoms with Crippen LogP contribution in [0.5, 0.6) is 0 Å². The summed E-state index contributed by atoms with van der Waals surface area (Å²) in [5.74, 6) is 0. The van der Waals surface area contributed by atoms with Crippen molar-refractivity contribution in [2.24, 2.45) is 0 Å². The van der Waals surface area contributed by atoms with E-state index in [0.29, 0.717) is 0 Å². The molecule has 0 amide bonds. The molecule has 0 atom stereocenters. The summed E-state index contributed by atoms with van der Waals surface area (Å²) in [7, 11) is 0. The second-order valence-electron chi connectivity index (χ2n) is 21.3. The van der Waals surface area contributed by atoms with E-state index in [1.165, 1.54) is 100 Å². The highest BCUT2D eigenvalue weighted by Crippen LogP contribution is 2.58. The molecule has 380 valence electrons. The van der Waals surface area contributed by atoms with Crippen LogP contribution in [0.15, 0.2) is 249 Å². The molecule has 0 aliphatic carbocycles. The molecule has 12 rings (SSSR count). The maximum absolute atomic E-state index is 2.47. The molecular weight excluding hydrogens is 943 g/mol. The van der Waals surface area contributed by atoms with E-state index in [0.717, 1.165) is 39.8 Å². The van der Waals surface area contributed by atoms with E-state index in [9.17, 15) is 0 Å². The van der Waals surface area contributed by atoms with Gasteiger partial charge in [-0.1, -0.05) is 176 Å². The van der Waals surface area contributed by atoms with E-state index in [4.69, 9.17) is 0 Å². The summed E-state index contributed by atoms with van der Waals surface area (Å²) in [5.41, 5.74) is 29.4. The maximum Gasteiger partial charge on any atom is 0.0742 e. The molecule has 0 N–H and O–H groups in total. The van der Waals surface area contributed by atoms with Gasteiger partial charge in [0.1, 0.15) is 0 Å². The zero-order chi connectivity index (χ0) is 53.7. The van der Waals surface area contributed by atoms with Crippen LogP contribution in [0.25, 0.3) is 22.3 Å². The lowest BCUT2D eigenvalue weighted by Crippen LogP contribution is -2.37. The van der Waals surface area contributed by atoms with Crippen molar-refractivity contribution in [3.05, 3.63) is 315 Å². The highest BCUT2D eigenvalue weighted by Gasteiger charge is 2.46. The number of anilines is 9. The number of nitrogens with zero attached hydrogens (tertiary/aromatic N) is 3. The molecule has 0 saturated carbocycles. The largest absolute Gasteiger partial charge is 0.310 e. The smallest absolute Gasteiger partial charge is 0.0742 e. The Bertz CT molecular complexity index is 3710. The lowest BCUT2D eigenvalue weighted by molar-refractivity contribution is 0.731. The van der Waals surface area contributed by atoms with Gasteiger partial charge in [0.2, 0.25) is 0 Å². The quantitative estimate of drug-likeness (QED) is 0.128. The third-order valence-electron chi connectivity index (χ3n) is 16.8. The summed E-state index contributed by atoms with van der Waals surface area (Å²) in [6.45, 7) is 18.0. The minimum Gasteiger partial charge on any atom is -0.310 e. The fraction of sp³-hybridized carbons (Fsp3) is 0.120. The predicted octanol–water partition coefficient (Wildman–Crippen LogP) is 20.6. The normalized spacial score (nSPS) is 12.4. The van der Waals surface area contributed by atoms with Crippen LogP contribution in [0, 0.1) is 55.4 Å². The van der Waals surface area contributed by atoms with Gasteiger partial charge < -0.3 is 14.7 Å². The first-order valence-electron chi connectivity index (χ1n) is 27.3. The Morgan fingerprint density at radius 3 is 0.962 bits per heavy atom. The minimum absolute atomic E-state index is 0.724. The van der Waals surface area contributed by atoms with Crippen molar-refractivity contribution in [1.29, 1.82) is 0 Å². The van der Waals surface area contributed by atoms with Gasteiger partial charge in [0.05, 0.1) is 28.2 Å². The van der Waals surface area contributed by atoms with Crippen molar-refractivity contribution < 1.29 is 0 Å². The van der Waals surface area contributed by atoms with Crippen molar-refractivity contribution >= 4 is 51.2 Å². The second-order valence-corrected chi connectivity index (χ2v) is 21.3. The molecule has 0 bridgehead atoms. The van der Waals surface area contributed by atoms with Gasteiger partial charge in [-0.2, -0.15) is 0 Å². The van der Waals surface area contributed by atoms with E-state index >= 15 is 0 Å². The molecule has 0 unspecified atom stereocenters. The fourth-order valence-corrected chi connectivity index (χ4v) is 12.5. The summed E-state index contributed by atoms with van der Waals surface area (Å²) < 4.78 is 0. The lowest BCUT2D eigenvalue weighted by atomic mass is 9.62. The number of fused-ring (bicyclic) bond motifs is 2. The zero-order valence-corrected chi connectivity index (χ0v) is 46.0. The highest BCUT2D eigenvalue weighted by molar-refractivity contribution is 5.91. The van der Waals surface area contributed by atoms with Crippen molar-refractivity contribution in [3.8, 4) is 22.3 Å². The van der Waals surface area contributed by atoms with Crippen LogP contribution in [0.3, 0.4) is 0 Å². The number of hydrogen-bond donors (Lipinski definition) is 0. The van der Waals surface area contributed by atoms with Crippen LogP contribution in [-0.4, -0.2) is 0 Å². The van der Waals surface area contributed by atoms with Crippen molar-refractivity contribution in [2.45, 2.75) is 60.8 Å². The van der Waals surface area contributed by atoms with Crippen molar-refractivity contribution in [1.82, 2.24) is 0 Å². The van der Waals surface area contributed by atoms with Gasteiger partial charge in [-0.15, -0.1) is 0 Å². The minimum atomic E-state index is -0.724. The number of rotatable bonds is 11. The van der Waals surface area contributed by atoms with Gasteiger partial charge in [0, 0.05) is 28.4 Å². The molecule has 1 heterocycles. The topological polar surface area (TPSA) is 9.72 Å².